The molecular formula is C11H9Cl2FN2O5. The van der Waals surface area contributed by atoms with Crippen molar-refractivity contribution in [1.82, 2.24) is 9.55 Å². The number of rotatable bonds is 2. The number of aromatic nitrogens is 2. The van der Waals surface area contributed by atoms with E-state index in [4.69, 9.17) is 33.0 Å². The second-order valence-corrected chi connectivity index (χ2v) is 5.10. The summed E-state index contributed by atoms with van der Waals surface area (Å²) in [7, 11) is 0. The standard InChI is InChI=1S/C11H9Cl2FN2O5/c12-2-1-11(13)7(18)6(4-17)21-9(11)16-3-5(14)8(19)15-10(16)20/h3,6-7,9,17-18H,4H2,(H,15,19,20). The molecule has 0 aliphatic carbocycles. The van der Waals surface area contributed by atoms with Crippen molar-refractivity contribution in [2.75, 3.05) is 6.61 Å². The highest BCUT2D eigenvalue weighted by atomic mass is 35.5. The Morgan fingerprint density at radius 1 is 1.57 bits per heavy atom. The Hall–Kier alpha value is -1.37. The largest absolute Gasteiger partial charge is 0.394 e. The van der Waals surface area contributed by atoms with Gasteiger partial charge in [0.05, 0.1) is 12.8 Å². The lowest BCUT2D eigenvalue weighted by Crippen LogP contribution is -2.44. The molecule has 1 aromatic heterocycles. The summed E-state index contributed by atoms with van der Waals surface area (Å²) in [4.78, 5) is 22.6. The second kappa shape index (κ2) is 5.79. The van der Waals surface area contributed by atoms with Crippen LogP contribution in [0, 0.1) is 17.1 Å². The van der Waals surface area contributed by atoms with E-state index in [9.17, 15) is 19.1 Å². The number of nitrogens with zero attached hydrogens (tertiary/aromatic N) is 1. The maximum absolute atomic E-state index is 13.4. The fourth-order valence-electron chi connectivity index (χ4n) is 2.01. The molecule has 2 rings (SSSR count). The highest BCUT2D eigenvalue weighted by molar-refractivity contribution is 6.32. The fraction of sp³-hybridized carbons (Fsp3) is 0.455. The Labute approximate surface area is 126 Å². The van der Waals surface area contributed by atoms with Crippen LogP contribution >= 0.6 is 23.2 Å². The first-order valence-electron chi connectivity index (χ1n) is 5.62. The zero-order chi connectivity index (χ0) is 15.8. The molecule has 0 radical (unpaired) electrons. The molecule has 0 bridgehead atoms. The number of H-pyrrole nitrogens is 1. The van der Waals surface area contributed by atoms with Gasteiger partial charge in [-0.3, -0.25) is 14.3 Å². The van der Waals surface area contributed by atoms with Crippen molar-refractivity contribution in [1.29, 1.82) is 0 Å². The summed E-state index contributed by atoms with van der Waals surface area (Å²) in [5.74, 6) is 1.01. The molecule has 2 heterocycles. The van der Waals surface area contributed by atoms with Gasteiger partial charge in [-0.1, -0.05) is 17.5 Å². The lowest BCUT2D eigenvalue weighted by Gasteiger charge is -2.25. The highest BCUT2D eigenvalue weighted by Crippen LogP contribution is 2.42. The Balaban J connectivity index is 2.60. The van der Waals surface area contributed by atoms with E-state index in [0.29, 0.717) is 10.8 Å². The first-order valence-corrected chi connectivity index (χ1v) is 6.37. The monoisotopic (exact) mass is 338 g/mol. The van der Waals surface area contributed by atoms with Crippen molar-refractivity contribution in [2.45, 2.75) is 23.3 Å². The van der Waals surface area contributed by atoms with Crippen LogP contribution < -0.4 is 11.2 Å². The van der Waals surface area contributed by atoms with E-state index in [1.165, 1.54) is 0 Å². The third-order valence-corrected chi connectivity index (χ3v) is 3.64. The Bertz CT molecular complexity index is 724. The van der Waals surface area contributed by atoms with E-state index in [-0.39, 0.29) is 0 Å². The summed E-state index contributed by atoms with van der Waals surface area (Å²) in [6.45, 7) is -0.614. The number of aliphatic hydroxyl groups excluding tert-OH is 2. The van der Waals surface area contributed by atoms with Gasteiger partial charge in [-0.25, -0.2) is 4.79 Å². The van der Waals surface area contributed by atoms with Crippen molar-refractivity contribution in [2.24, 2.45) is 0 Å². The third-order valence-electron chi connectivity index (χ3n) is 3.04. The minimum absolute atomic E-state index is 0.575. The summed E-state index contributed by atoms with van der Waals surface area (Å²) in [5, 5.41) is 21.1. The lowest BCUT2D eigenvalue weighted by atomic mass is 9.99. The van der Waals surface area contributed by atoms with E-state index >= 15 is 0 Å². The molecule has 114 valence electrons. The summed E-state index contributed by atoms with van der Waals surface area (Å²) >= 11 is 11.4. The van der Waals surface area contributed by atoms with Crippen molar-refractivity contribution in [3.63, 3.8) is 0 Å². The van der Waals surface area contributed by atoms with Gasteiger partial charge in [-0.15, -0.1) is 0 Å². The maximum atomic E-state index is 13.4. The van der Waals surface area contributed by atoms with Crippen LogP contribution in [0.25, 0.3) is 0 Å². The number of alkyl halides is 1. The van der Waals surface area contributed by atoms with E-state index in [2.05, 4.69) is 5.92 Å². The van der Waals surface area contributed by atoms with Gasteiger partial charge in [-0.2, -0.15) is 4.39 Å². The quantitative estimate of drug-likeness (QED) is 0.479. The van der Waals surface area contributed by atoms with Crippen molar-refractivity contribution in [3.05, 3.63) is 32.9 Å². The Morgan fingerprint density at radius 3 is 2.81 bits per heavy atom. The summed E-state index contributed by atoms with van der Waals surface area (Å²) in [6.07, 6.45) is -3.55. The molecule has 4 unspecified atom stereocenters. The van der Waals surface area contributed by atoms with Gasteiger partial charge in [0.15, 0.2) is 11.1 Å². The van der Waals surface area contributed by atoms with Crippen LogP contribution in [0.2, 0.25) is 0 Å². The molecule has 7 nitrogen and oxygen atoms in total. The van der Waals surface area contributed by atoms with Crippen LogP contribution in [-0.4, -0.2) is 43.5 Å². The molecule has 1 aliphatic rings. The number of aromatic amines is 1. The van der Waals surface area contributed by atoms with Crippen LogP contribution in [0.5, 0.6) is 0 Å². The van der Waals surface area contributed by atoms with Gasteiger partial charge < -0.3 is 14.9 Å². The third kappa shape index (κ3) is 2.59. The molecule has 4 atom stereocenters. The molecule has 1 aliphatic heterocycles. The number of ether oxygens (including phenoxy) is 1. The van der Waals surface area contributed by atoms with Gasteiger partial charge >= 0.3 is 5.69 Å². The number of hydrogen-bond acceptors (Lipinski definition) is 5. The molecule has 10 heteroatoms. The predicted molar refractivity (Wildman–Crippen MR) is 70.5 cm³/mol. The average Bonchev–Trinajstić information content (AvgIpc) is 2.67. The van der Waals surface area contributed by atoms with Gasteiger partial charge in [0.2, 0.25) is 5.82 Å². The van der Waals surface area contributed by atoms with Gasteiger partial charge in [0.1, 0.15) is 12.2 Å². The minimum atomic E-state index is -1.90. The summed E-state index contributed by atoms with van der Waals surface area (Å²) in [5.41, 5.74) is -2.23. The van der Waals surface area contributed by atoms with Crippen LogP contribution in [0.15, 0.2) is 15.8 Å². The number of nitrogens with one attached hydrogen (secondary N) is 1. The number of hydrogen-bond donors (Lipinski definition) is 3. The molecule has 0 aromatic carbocycles. The van der Waals surface area contributed by atoms with Crippen molar-refractivity contribution >= 4 is 23.2 Å². The van der Waals surface area contributed by atoms with E-state index in [1.54, 1.807) is 4.98 Å². The maximum Gasteiger partial charge on any atom is 0.330 e. The first-order chi connectivity index (χ1) is 9.85. The van der Waals surface area contributed by atoms with Gasteiger partial charge in [-0.05, 0) is 11.6 Å². The molecule has 0 saturated carbocycles. The Morgan fingerprint density at radius 2 is 2.24 bits per heavy atom. The average molecular weight is 339 g/mol. The minimum Gasteiger partial charge on any atom is -0.394 e. The number of halogens is 3. The van der Waals surface area contributed by atoms with Crippen LogP contribution in [-0.2, 0) is 4.74 Å². The first kappa shape index (κ1) is 16.0. The zero-order valence-electron chi connectivity index (χ0n) is 10.2. The molecule has 21 heavy (non-hydrogen) atoms. The van der Waals surface area contributed by atoms with Gasteiger partial charge in [0.25, 0.3) is 5.56 Å². The van der Waals surface area contributed by atoms with E-state index in [0.717, 1.165) is 0 Å². The fourth-order valence-corrected chi connectivity index (χ4v) is 2.56. The van der Waals surface area contributed by atoms with Crippen LogP contribution in [0.4, 0.5) is 4.39 Å². The zero-order valence-corrected chi connectivity index (χ0v) is 11.7. The Kier molecular flexibility index (Phi) is 4.41. The molecule has 3 N–H and O–H groups in total. The van der Waals surface area contributed by atoms with Gasteiger partial charge in [0, 0.05) is 5.38 Å². The normalized spacial score (nSPS) is 31.8. The molecule has 1 aromatic rings. The lowest BCUT2D eigenvalue weighted by molar-refractivity contribution is -0.0467. The molecule has 1 fully saturated rings. The molecule has 0 amide bonds. The molecular weight excluding hydrogens is 330 g/mol. The van der Waals surface area contributed by atoms with Crippen molar-refractivity contribution in [3.8, 4) is 11.3 Å². The van der Waals surface area contributed by atoms with E-state index in [1.807, 2.05) is 5.38 Å². The SMILES string of the molecule is O=c1[nH]c(=O)n(C2OC(CO)C(O)C2(Cl)C#CCl)cc1F. The topological polar surface area (TPSA) is 105 Å². The smallest absolute Gasteiger partial charge is 0.330 e. The van der Waals surface area contributed by atoms with Crippen LogP contribution in [0.3, 0.4) is 0 Å². The highest BCUT2D eigenvalue weighted by Gasteiger charge is 2.56. The number of aliphatic hydroxyl groups is 2. The van der Waals surface area contributed by atoms with Crippen molar-refractivity contribution < 1.29 is 19.3 Å². The van der Waals surface area contributed by atoms with Crippen LogP contribution in [0.1, 0.15) is 6.23 Å². The summed E-state index contributed by atoms with van der Waals surface area (Å²) in [6, 6.07) is 0. The predicted octanol–water partition coefficient (Wildman–Crippen LogP) is -0.896. The van der Waals surface area contributed by atoms with E-state index < -0.39 is 47.0 Å². The molecule has 1 saturated heterocycles. The summed E-state index contributed by atoms with van der Waals surface area (Å²) < 4.78 is 19.2. The second-order valence-electron chi connectivity index (χ2n) is 4.29. The molecule has 0 spiro atoms.